The molecule has 1 saturated heterocycles. The van der Waals surface area contributed by atoms with E-state index in [9.17, 15) is 14.9 Å². The van der Waals surface area contributed by atoms with Gasteiger partial charge < -0.3 is 19.1 Å². The number of carbonyl (C=O) groups is 1. The number of benzene rings is 2. The highest BCUT2D eigenvalue weighted by Crippen LogP contribution is 2.31. The zero-order valence-electron chi connectivity index (χ0n) is 21.9. The number of amides is 1. The van der Waals surface area contributed by atoms with E-state index >= 15 is 0 Å². The first kappa shape index (κ1) is 25.3. The molecule has 2 aromatic heterocycles. The first-order chi connectivity index (χ1) is 18.3. The van der Waals surface area contributed by atoms with Crippen LogP contribution in [0.5, 0.6) is 0 Å². The highest BCUT2D eigenvalue weighted by atomic mass is 16.6. The molecule has 2 aromatic carbocycles. The van der Waals surface area contributed by atoms with Gasteiger partial charge in [-0.25, -0.2) is 4.98 Å². The van der Waals surface area contributed by atoms with Gasteiger partial charge in [0.2, 0.25) is 5.91 Å². The van der Waals surface area contributed by atoms with Gasteiger partial charge in [0, 0.05) is 88.5 Å². The molecule has 5 rings (SSSR count). The van der Waals surface area contributed by atoms with Gasteiger partial charge in [0.25, 0.3) is 5.69 Å². The number of nitrogens with zero attached hydrogens (tertiary/aromatic N) is 6. The minimum Gasteiger partial charge on any atom is -0.378 e. The minimum atomic E-state index is -0.393. The molecule has 0 N–H and O–H groups in total. The fourth-order valence-corrected chi connectivity index (χ4v) is 5.13. The van der Waals surface area contributed by atoms with Crippen LogP contribution in [0.2, 0.25) is 0 Å². The summed E-state index contributed by atoms with van der Waals surface area (Å²) in [7, 11) is 4.03. The van der Waals surface area contributed by atoms with Crippen molar-refractivity contribution in [2.24, 2.45) is 0 Å². The smallest absolute Gasteiger partial charge is 0.269 e. The fraction of sp³-hybridized carbons (Fsp3) is 0.310. The molecule has 1 aliphatic rings. The van der Waals surface area contributed by atoms with Crippen LogP contribution in [0.1, 0.15) is 29.2 Å². The van der Waals surface area contributed by atoms with Crippen molar-refractivity contribution in [2.75, 3.05) is 50.1 Å². The van der Waals surface area contributed by atoms with E-state index in [0.29, 0.717) is 32.6 Å². The molecular weight excluding hydrogens is 480 g/mol. The van der Waals surface area contributed by atoms with E-state index in [4.69, 9.17) is 0 Å². The van der Waals surface area contributed by atoms with Crippen molar-refractivity contribution in [3.8, 4) is 0 Å². The van der Waals surface area contributed by atoms with Crippen molar-refractivity contribution >= 4 is 28.6 Å². The van der Waals surface area contributed by atoms with Crippen LogP contribution in [0.15, 0.2) is 73.1 Å². The predicted octanol–water partition coefficient (Wildman–Crippen LogP) is 4.49. The number of anilines is 2. The second-order valence-electron chi connectivity index (χ2n) is 9.95. The molecule has 3 heterocycles. The van der Waals surface area contributed by atoms with Crippen molar-refractivity contribution in [3.05, 3.63) is 100.0 Å². The maximum Gasteiger partial charge on any atom is 0.269 e. The summed E-state index contributed by atoms with van der Waals surface area (Å²) < 4.78 is 2.10. The molecule has 0 radical (unpaired) electrons. The summed E-state index contributed by atoms with van der Waals surface area (Å²) in [5, 5.41) is 11.0. The molecule has 0 saturated carbocycles. The SMILES string of the molecule is Cc1cccn2c(C(CC(=O)N3CCN(c4ccc([N+](=O)[O-])cc4)CC3)c3ccc(N(C)C)cc3)cnc12. The van der Waals surface area contributed by atoms with Gasteiger partial charge in [0.15, 0.2) is 0 Å². The number of carbonyl (C=O) groups excluding carboxylic acids is 1. The van der Waals surface area contributed by atoms with Gasteiger partial charge in [0.1, 0.15) is 5.65 Å². The molecule has 1 aliphatic heterocycles. The van der Waals surface area contributed by atoms with Crippen LogP contribution in [0.3, 0.4) is 0 Å². The number of fused-ring (bicyclic) bond motifs is 1. The van der Waals surface area contributed by atoms with E-state index in [2.05, 4.69) is 43.4 Å². The first-order valence-corrected chi connectivity index (χ1v) is 12.8. The van der Waals surface area contributed by atoms with E-state index in [0.717, 1.165) is 33.8 Å². The molecule has 0 bridgehead atoms. The molecule has 9 nitrogen and oxygen atoms in total. The van der Waals surface area contributed by atoms with E-state index < -0.39 is 4.92 Å². The Bertz CT molecular complexity index is 1440. The lowest BCUT2D eigenvalue weighted by Crippen LogP contribution is -2.49. The topological polar surface area (TPSA) is 87.2 Å². The quantitative estimate of drug-likeness (QED) is 0.268. The highest BCUT2D eigenvalue weighted by Gasteiger charge is 2.27. The van der Waals surface area contributed by atoms with Crippen LogP contribution in [-0.2, 0) is 4.79 Å². The third-order valence-corrected chi connectivity index (χ3v) is 7.37. The lowest BCUT2D eigenvalue weighted by molar-refractivity contribution is -0.384. The fourth-order valence-electron chi connectivity index (χ4n) is 5.13. The largest absolute Gasteiger partial charge is 0.378 e. The molecule has 1 fully saturated rings. The van der Waals surface area contributed by atoms with Gasteiger partial charge in [-0.2, -0.15) is 0 Å². The summed E-state index contributed by atoms with van der Waals surface area (Å²) in [4.78, 5) is 35.0. The van der Waals surface area contributed by atoms with Gasteiger partial charge in [-0.1, -0.05) is 18.2 Å². The van der Waals surface area contributed by atoms with Crippen molar-refractivity contribution in [2.45, 2.75) is 19.3 Å². The van der Waals surface area contributed by atoms with Gasteiger partial charge in [-0.3, -0.25) is 14.9 Å². The Morgan fingerprint density at radius 3 is 2.34 bits per heavy atom. The second-order valence-corrected chi connectivity index (χ2v) is 9.95. The maximum absolute atomic E-state index is 13.6. The van der Waals surface area contributed by atoms with E-state index in [-0.39, 0.29) is 17.5 Å². The van der Waals surface area contributed by atoms with E-state index in [1.807, 2.05) is 50.4 Å². The Balaban J connectivity index is 1.35. The average Bonchev–Trinajstić information content (AvgIpc) is 3.37. The van der Waals surface area contributed by atoms with Gasteiger partial charge in [-0.05, 0) is 48.4 Å². The molecule has 0 aliphatic carbocycles. The Labute approximate surface area is 222 Å². The zero-order chi connectivity index (χ0) is 26.8. The van der Waals surface area contributed by atoms with Gasteiger partial charge in [0.05, 0.1) is 10.6 Å². The minimum absolute atomic E-state index is 0.0785. The number of rotatable bonds is 7. The summed E-state index contributed by atoms with van der Waals surface area (Å²) >= 11 is 0. The maximum atomic E-state index is 13.6. The third kappa shape index (κ3) is 5.04. The predicted molar refractivity (Wildman–Crippen MR) is 149 cm³/mol. The molecule has 1 unspecified atom stereocenters. The summed E-state index contributed by atoms with van der Waals surface area (Å²) in [6.45, 7) is 4.62. The highest BCUT2D eigenvalue weighted by molar-refractivity contribution is 5.78. The van der Waals surface area contributed by atoms with Crippen LogP contribution in [0.25, 0.3) is 5.65 Å². The van der Waals surface area contributed by atoms with Crippen LogP contribution >= 0.6 is 0 Å². The molecule has 1 atom stereocenters. The van der Waals surface area contributed by atoms with Crippen LogP contribution < -0.4 is 9.80 Å². The lowest BCUT2D eigenvalue weighted by atomic mass is 9.91. The molecule has 38 heavy (non-hydrogen) atoms. The lowest BCUT2D eigenvalue weighted by Gasteiger charge is -2.36. The molecule has 1 amide bonds. The van der Waals surface area contributed by atoms with E-state index in [1.54, 1.807) is 12.1 Å². The number of hydrogen-bond donors (Lipinski definition) is 0. The second kappa shape index (κ2) is 10.5. The Kier molecular flexibility index (Phi) is 7.00. The van der Waals surface area contributed by atoms with Gasteiger partial charge >= 0.3 is 0 Å². The number of hydrogen-bond acceptors (Lipinski definition) is 6. The standard InChI is InChI=1S/C29H32N6O3/c1-21-5-4-14-34-27(20-30-29(21)34)26(22-6-8-23(9-7-22)31(2)3)19-28(36)33-17-15-32(16-18-33)24-10-12-25(13-11-24)35(37)38/h4-14,20,26H,15-19H2,1-3H3. The first-order valence-electron chi connectivity index (χ1n) is 12.8. The van der Waals surface area contributed by atoms with E-state index in [1.165, 1.54) is 12.1 Å². The molecule has 9 heteroatoms. The normalized spacial score (nSPS) is 14.5. The number of piperazine rings is 1. The average molecular weight is 513 g/mol. The number of nitro benzene ring substituents is 1. The van der Waals surface area contributed by atoms with Crippen LogP contribution in [0, 0.1) is 17.0 Å². The molecule has 196 valence electrons. The summed E-state index contributed by atoms with van der Waals surface area (Å²) in [5.74, 6) is -0.0270. The van der Waals surface area contributed by atoms with Crippen LogP contribution in [-0.4, -0.2) is 65.4 Å². The molecular formula is C29H32N6O3. The number of non-ortho nitro benzene ring substituents is 1. The summed E-state index contributed by atoms with van der Waals surface area (Å²) in [6, 6.07) is 19.0. The van der Waals surface area contributed by atoms with Crippen molar-refractivity contribution in [3.63, 3.8) is 0 Å². The summed E-state index contributed by atoms with van der Waals surface area (Å²) in [5.41, 5.74) is 6.19. The number of nitro groups is 1. The Hall–Kier alpha value is -4.40. The van der Waals surface area contributed by atoms with Gasteiger partial charge in [-0.15, -0.1) is 0 Å². The molecule has 0 spiro atoms. The van der Waals surface area contributed by atoms with Crippen LogP contribution in [0.4, 0.5) is 17.1 Å². The van der Waals surface area contributed by atoms with Crippen molar-refractivity contribution < 1.29 is 9.72 Å². The van der Waals surface area contributed by atoms with Crippen molar-refractivity contribution in [1.29, 1.82) is 0 Å². The number of aromatic nitrogens is 2. The Morgan fingerprint density at radius 1 is 1.03 bits per heavy atom. The number of pyridine rings is 1. The molecule has 4 aromatic rings. The Morgan fingerprint density at radius 2 is 1.71 bits per heavy atom. The number of aryl methyl sites for hydroxylation is 1. The third-order valence-electron chi connectivity index (χ3n) is 7.37. The van der Waals surface area contributed by atoms with Crippen molar-refractivity contribution in [1.82, 2.24) is 14.3 Å². The number of imidazole rings is 1. The monoisotopic (exact) mass is 512 g/mol. The zero-order valence-corrected chi connectivity index (χ0v) is 21.9. The summed E-state index contributed by atoms with van der Waals surface area (Å²) in [6.07, 6.45) is 4.26.